The van der Waals surface area contributed by atoms with Gasteiger partial charge >= 0.3 is 5.97 Å². The molecule has 0 atom stereocenters. The maximum absolute atomic E-state index is 11.6. The van der Waals surface area contributed by atoms with Crippen molar-refractivity contribution >= 4 is 5.97 Å². The fourth-order valence-electron chi connectivity index (χ4n) is 1.60. The number of carbonyl (C=O) groups excluding carboxylic acids is 1. The van der Waals surface area contributed by atoms with E-state index in [1.165, 1.54) is 0 Å². The third kappa shape index (κ3) is 2.66. The Morgan fingerprint density at radius 3 is 2.28 bits per heavy atom. The summed E-state index contributed by atoms with van der Waals surface area (Å²) in [6.07, 6.45) is 0. The lowest BCUT2D eigenvalue weighted by molar-refractivity contribution is -0.130. The second kappa shape index (κ2) is 5.32. The van der Waals surface area contributed by atoms with E-state index in [9.17, 15) is 4.79 Å². The summed E-state index contributed by atoms with van der Waals surface area (Å²) >= 11 is 0. The Morgan fingerprint density at radius 2 is 1.61 bits per heavy atom. The molecule has 2 heteroatoms. The molecule has 0 fully saturated rings. The molecule has 0 amide bonds. The maximum Gasteiger partial charge on any atom is 0.338 e. The molecule has 0 saturated carbocycles. The molecule has 0 unspecified atom stereocenters. The molecule has 2 aromatic rings. The monoisotopic (exact) mass is 238 g/mol. The normalized spacial score (nSPS) is 9.83. The standard InChI is InChI=1S/C16H14O2/c1-12(2)16(17)18-15-11-7-6-10-14(15)13-8-4-3-5-9-13/h3-11H,1H2,2H3. The minimum absolute atomic E-state index is 0.387. The van der Waals surface area contributed by atoms with Crippen molar-refractivity contribution in [3.63, 3.8) is 0 Å². The van der Waals surface area contributed by atoms with Crippen molar-refractivity contribution in [2.45, 2.75) is 6.92 Å². The molecule has 0 N–H and O–H groups in total. The summed E-state index contributed by atoms with van der Waals surface area (Å²) in [6.45, 7) is 5.21. The van der Waals surface area contributed by atoms with Crippen molar-refractivity contribution < 1.29 is 9.53 Å². The van der Waals surface area contributed by atoms with Gasteiger partial charge in [-0.3, -0.25) is 0 Å². The van der Waals surface area contributed by atoms with E-state index < -0.39 is 5.97 Å². The predicted molar refractivity (Wildman–Crippen MR) is 72.3 cm³/mol. The number of hydrogen-bond donors (Lipinski definition) is 0. The third-order valence-corrected chi connectivity index (χ3v) is 2.52. The van der Waals surface area contributed by atoms with Crippen LogP contribution in [0.3, 0.4) is 0 Å². The van der Waals surface area contributed by atoms with Gasteiger partial charge in [-0.2, -0.15) is 0 Å². The van der Waals surface area contributed by atoms with Gasteiger partial charge in [0.2, 0.25) is 0 Å². The van der Waals surface area contributed by atoms with E-state index in [0.717, 1.165) is 11.1 Å². The summed E-state index contributed by atoms with van der Waals surface area (Å²) in [5.41, 5.74) is 2.30. The van der Waals surface area contributed by atoms with Gasteiger partial charge in [-0.25, -0.2) is 4.79 Å². The highest BCUT2D eigenvalue weighted by Gasteiger charge is 2.10. The highest BCUT2D eigenvalue weighted by molar-refractivity contribution is 5.90. The third-order valence-electron chi connectivity index (χ3n) is 2.52. The fourth-order valence-corrected chi connectivity index (χ4v) is 1.60. The van der Waals surface area contributed by atoms with Gasteiger partial charge in [0.25, 0.3) is 0 Å². The molecule has 2 aromatic carbocycles. The van der Waals surface area contributed by atoms with Crippen LogP contribution in [-0.2, 0) is 4.79 Å². The molecule has 0 aliphatic carbocycles. The van der Waals surface area contributed by atoms with Gasteiger partial charge in [0, 0.05) is 11.1 Å². The first-order valence-electron chi connectivity index (χ1n) is 5.70. The Labute approximate surface area is 107 Å². The summed E-state index contributed by atoms with van der Waals surface area (Å²) in [5.74, 6) is 0.148. The molecule has 90 valence electrons. The van der Waals surface area contributed by atoms with Crippen LogP contribution in [0, 0.1) is 0 Å². The van der Waals surface area contributed by atoms with E-state index in [-0.39, 0.29) is 0 Å². The molecular weight excluding hydrogens is 224 g/mol. The zero-order valence-corrected chi connectivity index (χ0v) is 10.2. The first kappa shape index (κ1) is 12.1. The lowest BCUT2D eigenvalue weighted by Crippen LogP contribution is -2.08. The van der Waals surface area contributed by atoms with Gasteiger partial charge in [-0.15, -0.1) is 0 Å². The number of carbonyl (C=O) groups is 1. The Hall–Kier alpha value is -2.35. The lowest BCUT2D eigenvalue weighted by Gasteiger charge is -2.09. The molecule has 0 heterocycles. The molecule has 18 heavy (non-hydrogen) atoms. The van der Waals surface area contributed by atoms with E-state index in [2.05, 4.69) is 6.58 Å². The Balaban J connectivity index is 2.38. The molecule has 2 nitrogen and oxygen atoms in total. The molecule has 0 radical (unpaired) electrons. The van der Waals surface area contributed by atoms with Crippen LogP contribution in [0.1, 0.15) is 6.92 Å². The largest absolute Gasteiger partial charge is 0.423 e. The van der Waals surface area contributed by atoms with Crippen molar-refractivity contribution in [3.05, 3.63) is 66.7 Å². The highest BCUT2D eigenvalue weighted by atomic mass is 16.5. The number of para-hydroxylation sites is 1. The summed E-state index contributed by atoms with van der Waals surface area (Å²) in [5, 5.41) is 0. The minimum Gasteiger partial charge on any atom is -0.423 e. The van der Waals surface area contributed by atoms with Crippen LogP contribution in [0.25, 0.3) is 11.1 Å². The summed E-state index contributed by atoms with van der Waals surface area (Å²) < 4.78 is 5.32. The topological polar surface area (TPSA) is 26.3 Å². The zero-order chi connectivity index (χ0) is 13.0. The first-order valence-corrected chi connectivity index (χ1v) is 5.70. The molecule has 0 aliphatic rings. The molecular formula is C16H14O2. The van der Waals surface area contributed by atoms with Crippen molar-refractivity contribution in [1.29, 1.82) is 0 Å². The van der Waals surface area contributed by atoms with Crippen LogP contribution in [0.15, 0.2) is 66.7 Å². The molecule has 0 aromatic heterocycles. The van der Waals surface area contributed by atoms with Crippen LogP contribution in [0.4, 0.5) is 0 Å². The van der Waals surface area contributed by atoms with Crippen molar-refractivity contribution in [2.75, 3.05) is 0 Å². The van der Waals surface area contributed by atoms with Crippen molar-refractivity contribution in [1.82, 2.24) is 0 Å². The zero-order valence-electron chi connectivity index (χ0n) is 10.2. The van der Waals surface area contributed by atoms with Gasteiger partial charge in [0.15, 0.2) is 0 Å². The summed E-state index contributed by atoms with van der Waals surface area (Å²) in [7, 11) is 0. The van der Waals surface area contributed by atoms with Gasteiger partial charge in [0.05, 0.1) is 0 Å². The Morgan fingerprint density at radius 1 is 1.00 bits per heavy atom. The molecule has 0 saturated heterocycles. The first-order chi connectivity index (χ1) is 8.68. The summed E-state index contributed by atoms with van der Waals surface area (Å²) in [4.78, 5) is 11.6. The Bertz CT molecular complexity index is 571. The van der Waals surface area contributed by atoms with Crippen LogP contribution in [-0.4, -0.2) is 5.97 Å². The highest BCUT2D eigenvalue weighted by Crippen LogP contribution is 2.29. The summed E-state index contributed by atoms with van der Waals surface area (Å²) in [6, 6.07) is 17.3. The van der Waals surface area contributed by atoms with E-state index in [1.807, 2.05) is 48.5 Å². The number of hydrogen-bond acceptors (Lipinski definition) is 2. The van der Waals surface area contributed by atoms with Crippen LogP contribution in [0.2, 0.25) is 0 Å². The van der Waals surface area contributed by atoms with E-state index in [0.29, 0.717) is 11.3 Å². The van der Waals surface area contributed by atoms with E-state index in [4.69, 9.17) is 4.74 Å². The minimum atomic E-state index is -0.404. The van der Waals surface area contributed by atoms with Crippen molar-refractivity contribution in [3.8, 4) is 16.9 Å². The van der Waals surface area contributed by atoms with Crippen LogP contribution >= 0.6 is 0 Å². The molecule has 2 rings (SSSR count). The Kier molecular flexibility index (Phi) is 3.58. The molecule has 0 spiro atoms. The number of rotatable bonds is 3. The smallest absolute Gasteiger partial charge is 0.338 e. The quantitative estimate of drug-likeness (QED) is 0.461. The number of ether oxygens (including phenoxy) is 1. The molecule has 0 bridgehead atoms. The fraction of sp³-hybridized carbons (Fsp3) is 0.0625. The van der Waals surface area contributed by atoms with Gasteiger partial charge in [-0.05, 0) is 18.6 Å². The van der Waals surface area contributed by atoms with E-state index in [1.54, 1.807) is 13.0 Å². The average Bonchev–Trinajstić information content (AvgIpc) is 2.40. The SMILES string of the molecule is C=C(C)C(=O)Oc1ccccc1-c1ccccc1. The average molecular weight is 238 g/mol. The predicted octanol–water partition coefficient (Wildman–Crippen LogP) is 3.84. The van der Waals surface area contributed by atoms with Gasteiger partial charge in [-0.1, -0.05) is 55.1 Å². The van der Waals surface area contributed by atoms with Crippen LogP contribution < -0.4 is 4.74 Å². The van der Waals surface area contributed by atoms with Crippen molar-refractivity contribution in [2.24, 2.45) is 0 Å². The lowest BCUT2D eigenvalue weighted by atomic mass is 10.1. The van der Waals surface area contributed by atoms with Gasteiger partial charge in [0.1, 0.15) is 5.75 Å². The second-order valence-electron chi connectivity index (χ2n) is 4.03. The number of esters is 1. The van der Waals surface area contributed by atoms with Gasteiger partial charge < -0.3 is 4.74 Å². The molecule has 0 aliphatic heterocycles. The second-order valence-corrected chi connectivity index (χ2v) is 4.03. The van der Waals surface area contributed by atoms with E-state index >= 15 is 0 Å². The maximum atomic E-state index is 11.6. The number of benzene rings is 2. The van der Waals surface area contributed by atoms with Crippen LogP contribution in [0.5, 0.6) is 5.75 Å².